The fourth-order valence-electron chi connectivity index (χ4n) is 2.74. The third kappa shape index (κ3) is 1.95. The van der Waals surface area contributed by atoms with E-state index in [4.69, 9.17) is 0 Å². The highest BCUT2D eigenvalue weighted by atomic mass is 35.5. The maximum atomic E-state index is 12.3. The number of nitrogens with two attached hydrogens (primary N) is 1. The van der Waals surface area contributed by atoms with Crippen LogP contribution in [0.15, 0.2) is 18.2 Å². The third-order valence-electron chi connectivity index (χ3n) is 3.63. The molecule has 1 aromatic rings. The van der Waals surface area contributed by atoms with Gasteiger partial charge in [0.1, 0.15) is 5.56 Å². The second-order valence-electron chi connectivity index (χ2n) is 4.69. The Morgan fingerprint density at radius 3 is 2.65 bits per heavy atom. The number of carbonyl (C=O) groups is 2. The monoisotopic (exact) mass is 297 g/mol. The molecule has 7 nitrogen and oxygen atoms in total. The van der Waals surface area contributed by atoms with Crippen LogP contribution in [0.25, 0.3) is 0 Å². The molecule has 0 aromatic heterocycles. The Bertz CT molecular complexity index is 598. The Hall–Kier alpha value is -1.99. The minimum Gasteiger partial charge on any atom is -1.00 e. The first-order valence-corrected chi connectivity index (χ1v) is 6.08. The van der Waals surface area contributed by atoms with E-state index >= 15 is 0 Å². The number of nitro groups is 1. The van der Waals surface area contributed by atoms with E-state index < -0.39 is 16.7 Å². The summed E-state index contributed by atoms with van der Waals surface area (Å²) in [5.74, 6) is -0.948. The van der Waals surface area contributed by atoms with Gasteiger partial charge in [0.05, 0.1) is 29.6 Å². The number of imide groups is 1. The predicted octanol–water partition coefficient (Wildman–Crippen LogP) is -3.47. The number of benzene rings is 1. The van der Waals surface area contributed by atoms with E-state index in [2.05, 4.69) is 0 Å². The Kier molecular flexibility index (Phi) is 3.74. The maximum absolute atomic E-state index is 12.3. The van der Waals surface area contributed by atoms with Gasteiger partial charge in [-0.1, -0.05) is 6.07 Å². The molecular weight excluding hydrogens is 286 g/mol. The van der Waals surface area contributed by atoms with Crippen molar-refractivity contribution in [3.05, 3.63) is 39.4 Å². The molecule has 0 spiro atoms. The second-order valence-corrected chi connectivity index (χ2v) is 4.69. The van der Waals surface area contributed by atoms with Crippen molar-refractivity contribution in [2.24, 2.45) is 0 Å². The van der Waals surface area contributed by atoms with Gasteiger partial charge in [-0.15, -0.1) is 0 Å². The van der Waals surface area contributed by atoms with Gasteiger partial charge in [0, 0.05) is 12.5 Å². The number of rotatable bonds is 2. The molecule has 3 rings (SSSR count). The highest BCUT2D eigenvalue weighted by Crippen LogP contribution is 2.32. The van der Waals surface area contributed by atoms with E-state index in [1.807, 2.05) is 5.32 Å². The first-order chi connectivity index (χ1) is 9.11. The molecule has 2 N–H and O–H groups in total. The molecule has 1 atom stereocenters. The lowest BCUT2D eigenvalue weighted by Gasteiger charge is -2.18. The van der Waals surface area contributed by atoms with E-state index in [0.717, 1.165) is 13.0 Å². The van der Waals surface area contributed by atoms with Gasteiger partial charge >= 0.3 is 0 Å². The molecule has 2 aliphatic heterocycles. The molecule has 1 aromatic carbocycles. The SMILES string of the molecule is O=C1c2cccc([N+](=O)[O-])c2C(=O)N1[C@H]1CC[NH2+]C1.[Cl-]. The zero-order valence-electron chi connectivity index (χ0n) is 10.4. The smallest absolute Gasteiger partial charge is 0.282 e. The molecule has 8 heteroatoms. The van der Waals surface area contributed by atoms with Crippen LogP contribution < -0.4 is 17.7 Å². The Morgan fingerprint density at radius 1 is 1.30 bits per heavy atom. The number of nitro benzene ring substituents is 1. The standard InChI is InChI=1S/C12H11N3O4.ClH/c16-11-8-2-1-3-9(15(18)19)10(8)12(17)14(11)7-4-5-13-6-7;/h1-3,7,13H,4-6H2;1H/t7-;/m0./s1. The highest BCUT2D eigenvalue weighted by Gasteiger charge is 2.45. The van der Waals surface area contributed by atoms with Gasteiger partial charge in [-0.25, -0.2) is 0 Å². The summed E-state index contributed by atoms with van der Waals surface area (Å²) in [6.45, 7) is 1.53. The van der Waals surface area contributed by atoms with Gasteiger partial charge in [0.15, 0.2) is 0 Å². The largest absolute Gasteiger partial charge is 1.00 e. The molecule has 1 fully saturated rings. The average molecular weight is 298 g/mol. The van der Waals surface area contributed by atoms with Crippen molar-refractivity contribution < 1.29 is 32.2 Å². The Labute approximate surface area is 120 Å². The van der Waals surface area contributed by atoms with Crippen LogP contribution in [-0.4, -0.2) is 40.8 Å². The molecule has 0 bridgehead atoms. The van der Waals surface area contributed by atoms with Gasteiger partial charge < -0.3 is 17.7 Å². The fourth-order valence-corrected chi connectivity index (χ4v) is 2.74. The van der Waals surface area contributed by atoms with Crippen LogP contribution in [0.5, 0.6) is 0 Å². The lowest BCUT2D eigenvalue weighted by molar-refractivity contribution is -0.637. The molecule has 106 valence electrons. The lowest BCUT2D eigenvalue weighted by Crippen LogP contribution is -3.00. The van der Waals surface area contributed by atoms with E-state index in [1.165, 1.54) is 23.1 Å². The number of halogens is 1. The van der Waals surface area contributed by atoms with Crippen molar-refractivity contribution in [3.63, 3.8) is 0 Å². The minimum absolute atomic E-state index is 0. The van der Waals surface area contributed by atoms with Crippen molar-refractivity contribution in [2.75, 3.05) is 13.1 Å². The molecule has 0 aliphatic carbocycles. The number of hydrogen-bond acceptors (Lipinski definition) is 4. The first kappa shape index (κ1) is 14.4. The van der Waals surface area contributed by atoms with Gasteiger partial charge in [0.25, 0.3) is 17.5 Å². The van der Waals surface area contributed by atoms with Crippen molar-refractivity contribution in [2.45, 2.75) is 12.5 Å². The molecule has 1 saturated heterocycles. The zero-order chi connectivity index (χ0) is 13.6. The summed E-state index contributed by atoms with van der Waals surface area (Å²) in [6.07, 6.45) is 0.735. The number of carbonyl (C=O) groups excluding carboxylic acids is 2. The Morgan fingerprint density at radius 2 is 2.05 bits per heavy atom. The quantitative estimate of drug-likeness (QED) is 0.348. The number of hydrogen-bond donors (Lipinski definition) is 1. The van der Waals surface area contributed by atoms with Crippen molar-refractivity contribution >= 4 is 17.5 Å². The molecule has 0 radical (unpaired) electrons. The van der Waals surface area contributed by atoms with Crippen LogP contribution >= 0.6 is 0 Å². The van der Waals surface area contributed by atoms with E-state index in [9.17, 15) is 19.7 Å². The van der Waals surface area contributed by atoms with Crippen molar-refractivity contribution in [1.82, 2.24) is 4.90 Å². The normalized spacial score (nSPS) is 20.8. The fraction of sp³-hybridized carbons (Fsp3) is 0.333. The van der Waals surface area contributed by atoms with Crippen LogP contribution in [-0.2, 0) is 0 Å². The second kappa shape index (κ2) is 5.18. The highest BCUT2D eigenvalue weighted by molar-refractivity contribution is 6.23. The molecular formula is C12H12ClN3O4. The van der Waals surface area contributed by atoms with Crippen LogP contribution in [0.2, 0.25) is 0 Å². The van der Waals surface area contributed by atoms with Crippen LogP contribution in [0, 0.1) is 10.1 Å². The van der Waals surface area contributed by atoms with Gasteiger partial charge in [0.2, 0.25) is 0 Å². The third-order valence-corrected chi connectivity index (χ3v) is 3.63. The van der Waals surface area contributed by atoms with Crippen LogP contribution in [0.3, 0.4) is 0 Å². The molecule has 20 heavy (non-hydrogen) atoms. The van der Waals surface area contributed by atoms with E-state index in [0.29, 0.717) is 6.54 Å². The van der Waals surface area contributed by atoms with Crippen LogP contribution in [0.1, 0.15) is 27.1 Å². The average Bonchev–Trinajstić information content (AvgIpc) is 2.98. The van der Waals surface area contributed by atoms with Gasteiger partial charge in [-0.3, -0.25) is 24.6 Å². The number of quaternary nitrogens is 1. The summed E-state index contributed by atoms with van der Waals surface area (Å²) in [5, 5.41) is 13.0. The molecule has 0 saturated carbocycles. The molecule has 2 heterocycles. The lowest BCUT2D eigenvalue weighted by atomic mass is 10.1. The summed E-state index contributed by atoms with van der Waals surface area (Å²) in [6, 6.07) is 4.01. The number of nitrogens with zero attached hydrogens (tertiary/aromatic N) is 2. The summed E-state index contributed by atoms with van der Waals surface area (Å²) in [7, 11) is 0. The van der Waals surface area contributed by atoms with E-state index in [-0.39, 0.29) is 35.3 Å². The summed E-state index contributed by atoms with van der Waals surface area (Å²) in [5.41, 5.74) is -0.212. The minimum atomic E-state index is -0.617. The topological polar surface area (TPSA) is 97.1 Å². The first-order valence-electron chi connectivity index (χ1n) is 6.08. The van der Waals surface area contributed by atoms with E-state index in [1.54, 1.807) is 0 Å². The number of fused-ring (bicyclic) bond motifs is 1. The Balaban J connectivity index is 0.00000147. The summed E-state index contributed by atoms with van der Waals surface area (Å²) in [4.78, 5) is 36.1. The summed E-state index contributed by atoms with van der Waals surface area (Å²) < 4.78 is 0. The van der Waals surface area contributed by atoms with Crippen molar-refractivity contribution in [1.29, 1.82) is 0 Å². The summed E-state index contributed by atoms with van der Waals surface area (Å²) >= 11 is 0. The van der Waals surface area contributed by atoms with Gasteiger partial charge in [-0.05, 0) is 6.07 Å². The van der Waals surface area contributed by atoms with Gasteiger partial charge in [-0.2, -0.15) is 0 Å². The molecule has 2 amide bonds. The van der Waals surface area contributed by atoms with Crippen LogP contribution in [0.4, 0.5) is 5.69 Å². The van der Waals surface area contributed by atoms with Crippen molar-refractivity contribution in [3.8, 4) is 0 Å². The predicted molar refractivity (Wildman–Crippen MR) is 63.7 cm³/mol. The molecule has 0 unspecified atom stereocenters. The molecule has 2 aliphatic rings. The zero-order valence-corrected chi connectivity index (χ0v) is 11.2. The number of amides is 2. The maximum Gasteiger partial charge on any atom is 0.282 e.